The predicted molar refractivity (Wildman–Crippen MR) is 84.0 cm³/mol. The Labute approximate surface area is 129 Å². The van der Waals surface area contributed by atoms with Crippen LogP contribution in [0.3, 0.4) is 0 Å². The van der Waals surface area contributed by atoms with Gasteiger partial charge in [-0.3, -0.25) is 4.79 Å². The van der Waals surface area contributed by atoms with Gasteiger partial charge in [0.25, 0.3) is 5.91 Å². The first-order valence-corrected chi connectivity index (χ1v) is 7.16. The number of para-hydroxylation sites is 1. The van der Waals surface area contributed by atoms with E-state index in [4.69, 9.17) is 11.6 Å². The van der Waals surface area contributed by atoms with Crippen LogP contribution in [0.1, 0.15) is 24.3 Å². The molecule has 1 aromatic heterocycles. The van der Waals surface area contributed by atoms with E-state index in [2.05, 4.69) is 15.3 Å². The highest BCUT2D eigenvalue weighted by Gasteiger charge is 2.14. The molecule has 0 aliphatic heterocycles. The summed E-state index contributed by atoms with van der Waals surface area (Å²) in [4.78, 5) is 22.2. The molecule has 0 bridgehead atoms. The van der Waals surface area contributed by atoms with E-state index in [0.29, 0.717) is 29.6 Å². The van der Waals surface area contributed by atoms with Crippen molar-refractivity contribution in [2.45, 2.75) is 13.8 Å². The molecule has 2 aromatic rings. The van der Waals surface area contributed by atoms with Crippen LogP contribution in [0.25, 0.3) is 0 Å². The van der Waals surface area contributed by atoms with Crippen LogP contribution in [-0.4, -0.2) is 33.9 Å². The van der Waals surface area contributed by atoms with Gasteiger partial charge in [0.2, 0.25) is 0 Å². The number of halogens is 1. The lowest BCUT2D eigenvalue weighted by atomic mass is 10.3. The molecule has 0 saturated heterocycles. The molecule has 1 heterocycles. The molecule has 0 atom stereocenters. The first kappa shape index (κ1) is 15.3. The van der Waals surface area contributed by atoms with Gasteiger partial charge in [-0.15, -0.1) is 0 Å². The summed E-state index contributed by atoms with van der Waals surface area (Å²) in [6.07, 6.45) is 3.00. The molecule has 0 radical (unpaired) electrons. The zero-order chi connectivity index (χ0) is 15.2. The van der Waals surface area contributed by atoms with Crippen molar-refractivity contribution in [3.8, 4) is 0 Å². The Bertz CT molecular complexity index is 611. The van der Waals surface area contributed by atoms with Crippen molar-refractivity contribution in [3.63, 3.8) is 0 Å². The average Bonchev–Trinajstić information content (AvgIpc) is 2.51. The number of carbonyl (C=O) groups is 1. The molecule has 0 spiro atoms. The van der Waals surface area contributed by atoms with E-state index in [1.54, 1.807) is 11.0 Å². The molecular formula is C15H17ClN4O. The molecule has 21 heavy (non-hydrogen) atoms. The summed E-state index contributed by atoms with van der Waals surface area (Å²) in [5.41, 5.74) is 1.08. The predicted octanol–water partition coefficient (Wildman–Crippen LogP) is 3.36. The fourth-order valence-electron chi connectivity index (χ4n) is 1.88. The summed E-state index contributed by atoms with van der Waals surface area (Å²) in [6, 6.07) is 7.36. The Hall–Kier alpha value is -2.14. The van der Waals surface area contributed by atoms with Crippen molar-refractivity contribution >= 4 is 29.0 Å². The molecule has 110 valence electrons. The topological polar surface area (TPSA) is 58.1 Å². The molecule has 1 N–H and O–H groups in total. The van der Waals surface area contributed by atoms with Crippen LogP contribution >= 0.6 is 11.6 Å². The van der Waals surface area contributed by atoms with Gasteiger partial charge >= 0.3 is 0 Å². The molecule has 2 rings (SSSR count). The minimum Gasteiger partial charge on any atom is -0.338 e. The maximum absolute atomic E-state index is 12.1. The Morgan fingerprint density at radius 3 is 2.48 bits per heavy atom. The molecule has 0 aliphatic rings. The third-order valence-electron chi connectivity index (χ3n) is 3.06. The first-order valence-electron chi connectivity index (χ1n) is 6.78. The lowest BCUT2D eigenvalue weighted by Gasteiger charge is -2.17. The van der Waals surface area contributed by atoms with Crippen molar-refractivity contribution in [2.75, 3.05) is 18.4 Å². The minimum atomic E-state index is -0.114. The summed E-state index contributed by atoms with van der Waals surface area (Å²) < 4.78 is 0. The number of hydrogen-bond donors (Lipinski definition) is 1. The fourth-order valence-corrected chi connectivity index (χ4v) is 2.06. The van der Waals surface area contributed by atoms with Gasteiger partial charge in [0.15, 0.2) is 0 Å². The van der Waals surface area contributed by atoms with Crippen LogP contribution in [0.5, 0.6) is 0 Å². The fraction of sp³-hybridized carbons (Fsp3) is 0.267. The second kappa shape index (κ2) is 7.04. The molecule has 0 fully saturated rings. The molecule has 0 aliphatic carbocycles. The lowest BCUT2D eigenvalue weighted by Crippen LogP contribution is -2.31. The highest BCUT2D eigenvalue weighted by Crippen LogP contribution is 2.23. The van der Waals surface area contributed by atoms with E-state index in [1.807, 2.05) is 32.0 Å². The minimum absolute atomic E-state index is 0.114. The quantitative estimate of drug-likeness (QED) is 0.920. The Balaban J connectivity index is 2.12. The van der Waals surface area contributed by atoms with Gasteiger partial charge in [-0.2, -0.15) is 0 Å². The largest absolute Gasteiger partial charge is 0.338 e. The molecule has 0 saturated carbocycles. The average molecular weight is 305 g/mol. The summed E-state index contributed by atoms with van der Waals surface area (Å²) in [5.74, 6) is 0.427. The molecule has 6 heteroatoms. The Kier molecular flexibility index (Phi) is 5.11. The number of nitrogens with zero attached hydrogens (tertiary/aromatic N) is 3. The Morgan fingerprint density at radius 2 is 1.90 bits per heavy atom. The molecular weight excluding hydrogens is 288 g/mol. The summed E-state index contributed by atoms with van der Waals surface area (Å²) >= 11 is 6.06. The zero-order valence-electron chi connectivity index (χ0n) is 12.0. The summed E-state index contributed by atoms with van der Waals surface area (Å²) in [6.45, 7) is 5.16. The highest BCUT2D eigenvalue weighted by molar-refractivity contribution is 6.33. The normalized spacial score (nSPS) is 10.2. The van der Waals surface area contributed by atoms with Crippen molar-refractivity contribution in [3.05, 3.63) is 47.4 Å². The van der Waals surface area contributed by atoms with E-state index in [9.17, 15) is 4.79 Å². The Morgan fingerprint density at radius 1 is 1.19 bits per heavy atom. The van der Waals surface area contributed by atoms with Gasteiger partial charge in [-0.05, 0) is 26.0 Å². The van der Waals surface area contributed by atoms with Gasteiger partial charge in [0, 0.05) is 13.1 Å². The number of nitrogens with one attached hydrogen (secondary N) is 1. The van der Waals surface area contributed by atoms with E-state index in [-0.39, 0.29) is 5.91 Å². The third-order valence-corrected chi connectivity index (χ3v) is 3.39. The number of rotatable bonds is 5. The number of hydrogen-bond acceptors (Lipinski definition) is 4. The monoisotopic (exact) mass is 304 g/mol. The van der Waals surface area contributed by atoms with E-state index < -0.39 is 0 Å². The maximum atomic E-state index is 12.1. The van der Waals surface area contributed by atoms with E-state index >= 15 is 0 Å². The van der Waals surface area contributed by atoms with Crippen LogP contribution in [-0.2, 0) is 0 Å². The number of benzene rings is 1. The highest BCUT2D eigenvalue weighted by atomic mass is 35.5. The van der Waals surface area contributed by atoms with Crippen LogP contribution in [0.4, 0.5) is 11.5 Å². The summed E-state index contributed by atoms with van der Waals surface area (Å²) in [7, 11) is 0. The van der Waals surface area contributed by atoms with Gasteiger partial charge in [0.1, 0.15) is 11.5 Å². The molecule has 0 unspecified atom stereocenters. The molecule has 1 amide bonds. The molecule has 5 nitrogen and oxygen atoms in total. The number of amides is 1. The van der Waals surface area contributed by atoms with Crippen LogP contribution in [0.2, 0.25) is 5.02 Å². The van der Waals surface area contributed by atoms with Crippen LogP contribution in [0, 0.1) is 0 Å². The maximum Gasteiger partial charge on any atom is 0.274 e. The second-order valence-corrected chi connectivity index (χ2v) is 4.78. The zero-order valence-corrected chi connectivity index (χ0v) is 12.8. The van der Waals surface area contributed by atoms with Crippen LogP contribution in [0.15, 0.2) is 36.7 Å². The number of anilines is 2. The van der Waals surface area contributed by atoms with E-state index in [0.717, 1.165) is 5.69 Å². The summed E-state index contributed by atoms with van der Waals surface area (Å²) in [5, 5.41) is 3.66. The third kappa shape index (κ3) is 3.70. The van der Waals surface area contributed by atoms with Gasteiger partial charge < -0.3 is 10.2 Å². The second-order valence-electron chi connectivity index (χ2n) is 4.37. The smallest absolute Gasteiger partial charge is 0.274 e. The van der Waals surface area contributed by atoms with Gasteiger partial charge in [-0.25, -0.2) is 9.97 Å². The van der Waals surface area contributed by atoms with Gasteiger partial charge in [-0.1, -0.05) is 23.7 Å². The van der Waals surface area contributed by atoms with Crippen molar-refractivity contribution in [1.29, 1.82) is 0 Å². The molecule has 1 aromatic carbocycles. The van der Waals surface area contributed by atoms with Crippen LogP contribution < -0.4 is 5.32 Å². The number of aromatic nitrogens is 2. The first-order chi connectivity index (χ1) is 10.2. The van der Waals surface area contributed by atoms with Gasteiger partial charge in [0.05, 0.1) is 23.1 Å². The SMILES string of the molecule is CCN(CC)C(=O)c1cnc(Nc2ccccc2Cl)cn1. The van der Waals surface area contributed by atoms with Crippen molar-refractivity contribution in [1.82, 2.24) is 14.9 Å². The standard InChI is InChI=1S/C15H17ClN4O/c1-3-20(4-2)15(21)13-9-18-14(10-17-13)19-12-8-6-5-7-11(12)16/h5-10H,3-4H2,1-2H3,(H,18,19). The lowest BCUT2D eigenvalue weighted by molar-refractivity contribution is 0.0766. The van der Waals surface area contributed by atoms with E-state index in [1.165, 1.54) is 12.4 Å². The van der Waals surface area contributed by atoms with Crippen molar-refractivity contribution in [2.24, 2.45) is 0 Å². The van der Waals surface area contributed by atoms with Crippen molar-refractivity contribution < 1.29 is 4.79 Å². The number of carbonyl (C=O) groups excluding carboxylic acids is 1.